The number of hydrogen-bond acceptors (Lipinski definition) is 4. The zero-order valence-corrected chi connectivity index (χ0v) is 26.0. The Bertz CT molecular complexity index is 1530. The second-order valence-corrected chi connectivity index (χ2v) is 12.8. The van der Waals surface area contributed by atoms with Crippen LogP contribution in [-0.4, -0.2) is 60.0 Å². The quantitative estimate of drug-likeness (QED) is 0.273. The summed E-state index contributed by atoms with van der Waals surface area (Å²) in [5.41, 5.74) is 3.61. The molecule has 10 heteroatoms. The van der Waals surface area contributed by atoms with Crippen LogP contribution in [-0.2, 0) is 11.3 Å². The van der Waals surface area contributed by atoms with Gasteiger partial charge in [0.05, 0.1) is 17.5 Å². The largest absolute Gasteiger partial charge is 0.404 e. The molecule has 0 spiro atoms. The molecule has 3 saturated heterocycles. The number of rotatable bonds is 7. The Morgan fingerprint density at radius 3 is 2.30 bits per heavy atom. The molecule has 0 radical (unpaired) electrons. The number of halogens is 4. The Kier molecular flexibility index (Phi) is 9.36. The van der Waals surface area contributed by atoms with Crippen LogP contribution in [0.5, 0.6) is 0 Å². The van der Waals surface area contributed by atoms with Crippen LogP contribution in [0.3, 0.4) is 0 Å². The fraction of sp³-hybridized carbons (Fsp3) is 0.444. The van der Waals surface area contributed by atoms with E-state index < -0.39 is 35.9 Å². The van der Waals surface area contributed by atoms with Crippen LogP contribution in [0.4, 0.5) is 28.9 Å². The molecule has 0 saturated carbocycles. The molecule has 3 aromatic rings. The van der Waals surface area contributed by atoms with E-state index in [0.717, 1.165) is 37.2 Å². The average molecular weight is 637 g/mol. The summed E-state index contributed by atoms with van der Waals surface area (Å²) in [7, 11) is 0. The summed E-state index contributed by atoms with van der Waals surface area (Å²) in [6.45, 7) is 4.50. The Hall–Kier alpha value is -3.92. The summed E-state index contributed by atoms with van der Waals surface area (Å²) >= 11 is 0. The van der Waals surface area contributed by atoms with Crippen molar-refractivity contribution in [3.05, 3.63) is 94.8 Å². The number of anilines is 2. The van der Waals surface area contributed by atoms with Crippen molar-refractivity contribution in [3.8, 4) is 0 Å². The van der Waals surface area contributed by atoms with Crippen LogP contribution in [0.15, 0.2) is 66.7 Å². The number of piperidine rings is 1. The molecule has 244 valence electrons. The molecule has 46 heavy (non-hydrogen) atoms. The molecule has 3 aliphatic rings. The molecule has 3 aromatic carbocycles. The zero-order chi connectivity index (χ0) is 32.4. The molecule has 3 atom stereocenters. The SMILES string of the molecule is Cc1cccc(F)c1C(=O)N1CCCC(C(=O)Nc2cccc(N3CCCC3)c2)C1c1ccc(CN2CCCC2C(F)(F)F)cc1. The molecule has 3 aliphatic heterocycles. The summed E-state index contributed by atoms with van der Waals surface area (Å²) in [6.07, 6.45) is -0.350. The molecule has 1 N–H and O–H groups in total. The average Bonchev–Trinajstić information content (AvgIpc) is 3.74. The highest BCUT2D eigenvalue weighted by Crippen LogP contribution is 2.39. The van der Waals surface area contributed by atoms with Gasteiger partial charge < -0.3 is 15.1 Å². The predicted octanol–water partition coefficient (Wildman–Crippen LogP) is 7.49. The van der Waals surface area contributed by atoms with Crippen LogP contribution in [0.1, 0.15) is 71.6 Å². The van der Waals surface area contributed by atoms with Crippen molar-refractivity contribution in [3.63, 3.8) is 0 Å². The van der Waals surface area contributed by atoms with Gasteiger partial charge in [0.1, 0.15) is 11.9 Å². The normalized spacial score (nSPS) is 22.3. The van der Waals surface area contributed by atoms with E-state index in [9.17, 15) is 22.8 Å². The fourth-order valence-electron chi connectivity index (χ4n) is 7.39. The van der Waals surface area contributed by atoms with Crippen LogP contribution >= 0.6 is 0 Å². The van der Waals surface area contributed by atoms with Crippen molar-refractivity contribution in [2.24, 2.45) is 5.92 Å². The van der Waals surface area contributed by atoms with Crippen molar-refractivity contribution in [2.45, 2.75) is 70.3 Å². The lowest BCUT2D eigenvalue weighted by atomic mass is 9.83. The summed E-state index contributed by atoms with van der Waals surface area (Å²) in [6, 6.07) is 17.3. The van der Waals surface area contributed by atoms with Gasteiger partial charge in [-0.3, -0.25) is 14.5 Å². The molecule has 2 amide bonds. The number of nitrogens with one attached hydrogen (secondary N) is 1. The topological polar surface area (TPSA) is 55.9 Å². The van der Waals surface area contributed by atoms with Gasteiger partial charge in [0.2, 0.25) is 5.91 Å². The molecular formula is C36H40F4N4O2. The van der Waals surface area contributed by atoms with Crippen LogP contribution in [0.25, 0.3) is 0 Å². The van der Waals surface area contributed by atoms with Crippen molar-refractivity contribution in [1.82, 2.24) is 9.80 Å². The van der Waals surface area contributed by atoms with Gasteiger partial charge >= 0.3 is 6.18 Å². The summed E-state index contributed by atoms with van der Waals surface area (Å²) in [5.74, 6) is -1.96. The molecule has 0 bridgehead atoms. The van der Waals surface area contributed by atoms with Crippen LogP contribution in [0.2, 0.25) is 0 Å². The lowest BCUT2D eigenvalue weighted by Gasteiger charge is -2.41. The molecule has 3 fully saturated rings. The number of carbonyl (C=O) groups is 2. The summed E-state index contributed by atoms with van der Waals surface area (Å²) < 4.78 is 55.7. The van der Waals surface area contributed by atoms with Crippen molar-refractivity contribution < 1.29 is 27.2 Å². The third kappa shape index (κ3) is 6.77. The molecule has 6 rings (SSSR count). The number of amides is 2. The highest BCUT2D eigenvalue weighted by atomic mass is 19.4. The monoisotopic (exact) mass is 636 g/mol. The van der Waals surface area contributed by atoms with E-state index in [4.69, 9.17) is 0 Å². The number of alkyl halides is 3. The summed E-state index contributed by atoms with van der Waals surface area (Å²) in [5, 5.41) is 3.09. The Balaban J connectivity index is 1.29. The Labute approximate surface area is 267 Å². The minimum atomic E-state index is -4.28. The minimum Gasteiger partial charge on any atom is -0.371 e. The number of nitrogens with zero attached hydrogens (tertiary/aromatic N) is 3. The first-order valence-electron chi connectivity index (χ1n) is 16.2. The molecule has 6 nitrogen and oxygen atoms in total. The van der Waals surface area contributed by atoms with E-state index in [2.05, 4.69) is 10.2 Å². The van der Waals surface area contributed by atoms with Crippen molar-refractivity contribution >= 4 is 23.2 Å². The molecule has 0 aliphatic carbocycles. The molecule has 3 unspecified atom stereocenters. The smallest absolute Gasteiger partial charge is 0.371 e. The van der Waals surface area contributed by atoms with Gasteiger partial charge in [-0.2, -0.15) is 13.2 Å². The Morgan fingerprint density at radius 1 is 0.870 bits per heavy atom. The standard InChI is InChI=1S/C36H40F4N4O2/c1-24-8-4-12-30(37)32(24)35(46)44-21-6-11-29(34(45)41-27-9-5-10-28(22-27)42-18-2-3-19-42)33(44)26-16-14-25(15-17-26)23-43-20-7-13-31(43)36(38,39)40/h4-5,8-10,12,14-17,22,29,31,33H,2-3,6-7,11,13,18-21,23H2,1H3,(H,41,45). The maximum atomic E-state index is 15.0. The van der Waals surface area contributed by atoms with Gasteiger partial charge in [0.25, 0.3) is 5.91 Å². The third-order valence-corrected chi connectivity index (χ3v) is 9.70. The van der Waals surface area contributed by atoms with Gasteiger partial charge in [-0.1, -0.05) is 42.5 Å². The zero-order valence-electron chi connectivity index (χ0n) is 26.0. The van der Waals surface area contributed by atoms with Gasteiger partial charge in [-0.15, -0.1) is 0 Å². The van der Waals surface area contributed by atoms with Crippen LogP contribution in [0, 0.1) is 18.7 Å². The Morgan fingerprint density at radius 2 is 1.59 bits per heavy atom. The molecular weight excluding hydrogens is 596 g/mol. The third-order valence-electron chi connectivity index (χ3n) is 9.70. The highest BCUT2D eigenvalue weighted by molar-refractivity contribution is 5.98. The molecule has 3 heterocycles. The molecule has 0 aromatic heterocycles. The van der Waals surface area contributed by atoms with E-state index in [1.807, 2.05) is 24.3 Å². The number of hydrogen-bond donors (Lipinski definition) is 1. The number of carbonyl (C=O) groups excluding carboxylic acids is 2. The second-order valence-electron chi connectivity index (χ2n) is 12.8. The van der Waals surface area contributed by atoms with E-state index in [0.29, 0.717) is 49.2 Å². The van der Waals surface area contributed by atoms with E-state index in [1.54, 1.807) is 48.2 Å². The predicted molar refractivity (Wildman–Crippen MR) is 170 cm³/mol. The van der Waals surface area contributed by atoms with Crippen molar-refractivity contribution in [2.75, 3.05) is 36.4 Å². The lowest BCUT2D eigenvalue weighted by Crippen LogP contribution is -2.46. The number of aryl methyl sites for hydroxylation is 1. The van der Waals surface area contributed by atoms with E-state index in [1.165, 1.54) is 11.0 Å². The summed E-state index contributed by atoms with van der Waals surface area (Å²) in [4.78, 5) is 33.3. The van der Waals surface area contributed by atoms with Crippen LogP contribution < -0.4 is 10.2 Å². The van der Waals surface area contributed by atoms with E-state index >= 15 is 4.39 Å². The first-order valence-corrected chi connectivity index (χ1v) is 16.2. The number of benzene rings is 3. The highest BCUT2D eigenvalue weighted by Gasteiger charge is 2.46. The first kappa shape index (κ1) is 32.0. The minimum absolute atomic E-state index is 0.0179. The van der Waals surface area contributed by atoms with Gasteiger partial charge in [0, 0.05) is 37.6 Å². The van der Waals surface area contributed by atoms with Crippen molar-refractivity contribution in [1.29, 1.82) is 0 Å². The first-order chi connectivity index (χ1) is 22.1. The van der Waals surface area contributed by atoms with Gasteiger partial charge in [-0.05, 0) is 92.9 Å². The second kappa shape index (κ2) is 13.4. The number of likely N-dealkylation sites (tertiary alicyclic amines) is 2. The van der Waals surface area contributed by atoms with Gasteiger partial charge in [0.15, 0.2) is 0 Å². The van der Waals surface area contributed by atoms with E-state index in [-0.39, 0.29) is 24.4 Å². The maximum absolute atomic E-state index is 15.0. The lowest BCUT2D eigenvalue weighted by molar-refractivity contribution is -0.177. The fourth-order valence-corrected chi connectivity index (χ4v) is 7.39. The maximum Gasteiger partial charge on any atom is 0.404 e. The van der Waals surface area contributed by atoms with Gasteiger partial charge in [-0.25, -0.2) is 4.39 Å².